The highest BCUT2D eigenvalue weighted by molar-refractivity contribution is 5.44. The fourth-order valence-electron chi connectivity index (χ4n) is 2.34. The van der Waals surface area contributed by atoms with E-state index in [4.69, 9.17) is 15.2 Å². The average Bonchev–Trinajstić information content (AvgIpc) is 2.26. The minimum atomic E-state index is 0.157. The van der Waals surface area contributed by atoms with Crippen LogP contribution >= 0.6 is 0 Å². The van der Waals surface area contributed by atoms with Crippen molar-refractivity contribution >= 4 is 0 Å². The summed E-state index contributed by atoms with van der Waals surface area (Å²) in [6, 6.07) is 6.24. The Hall–Kier alpha value is -1.22. The Balaban J connectivity index is 1.84. The van der Waals surface area contributed by atoms with Crippen LogP contribution in [0.25, 0.3) is 0 Å². The van der Waals surface area contributed by atoms with Crippen LogP contribution in [0.5, 0.6) is 11.5 Å². The second kappa shape index (κ2) is 3.98. The summed E-state index contributed by atoms with van der Waals surface area (Å²) in [7, 11) is 0. The zero-order valence-corrected chi connectivity index (χ0v) is 9.32. The molecule has 0 bridgehead atoms. The van der Waals surface area contributed by atoms with Crippen molar-refractivity contribution in [2.24, 2.45) is 11.7 Å². The molecule has 0 amide bonds. The molecular formula is C13H17NO2. The molecule has 0 unspecified atom stereocenters. The number of nitrogens with two attached hydrogens (primary N) is 1. The molecule has 16 heavy (non-hydrogen) atoms. The maximum atomic E-state index is 6.24. The largest absolute Gasteiger partial charge is 0.486 e. The second-order valence-electron chi connectivity index (χ2n) is 4.62. The van der Waals surface area contributed by atoms with E-state index in [1.54, 1.807) is 0 Å². The number of hydrogen-bond donors (Lipinski definition) is 1. The lowest BCUT2D eigenvalue weighted by molar-refractivity contribution is 0.171. The molecule has 0 spiro atoms. The SMILES string of the molecule is N[C@@H](c1ccc2c(c1)OCCO2)C1CCC1. The summed E-state index contributed by atoms with van der Waals surface area (Å²) in [5.41, 5.74) is 7.41. The Morgan fingerprint density at radius 3 is 2.56 bits per heavy atom. The summed E-state index contributed by atoms with van der Waals surface area (Å²) in [6.45, 7) is 1.27. The van der Waals surface area contributed by atoms with Crippen molar-refractivity contribution in [2.75, 3.05) is 13.2 Å². The van der Waals surface area contributed by atoms with Crippen LogP contribution in [0, 0.1) is 5.92 Å². The van der Waals surface area contributed by atoms with E-state index < -0.39 is 0 Å². The van der Waals surface area contributed by atoms with Crippen LogP contribution in [0.15, 0.2) is 18.2 Å². The van der Waals surface area contributed by atoms with E-state index in [0.29, 0.717) is 19.1 Å². The van der Waals surface area contributed by atoms with Gasteiger partial charge in [-0.15, -0.1) is 0 Å². The molecule has 3 heteroatoms. The van der Waals surface area contributed by atoms with Crippen molar-refractivity contribution in [3.8, 4) is 11.5 Å². The van der Waals surface area contributed by atoms with Crippen LogP contribution in [-0.4, -0.2) is 13.2 Å². The monoisotopic (exact) mass is 219 g/mol. The Labute approximate surface area is 95.5 Å². The molecule has 1 aliphatic carbocycles. The van der Waals surface area contributed by atoms with E-state index in [9.17, 15) is 0 Å². The van der Waals surface area contributed by atoms with Gasteiger partial charge in [-0.2, -0.15) is 0 Å². The number of hydrogen-bond acceptors (Lipinski definition) is 3. The van der Waals surface area contributed by atoms with Gasteiger partial charge in [-0.3, -0.25) is 0 Å². The highest BCUT2D eigenvalue weighted by Gasteiger charge is 2.26. The standard InChI is InChI=1S/C13H17NO2/c14-13(9-2-1-3-9)10-4-5-11-12(8-10)16-7-6-15-11/h4-5,8-9,13H,1-3,6-7,14H2/t13-/m1/s1. The lowest BCUT2D eigenvalue weighted by Gasteiger charge is -2.32. The molecule has 1 heterocycles. The van der Waals surface area contributed by atoms with Gasteiger partial charge in [-0.1, -0.05) is 12.5 Å². The zero-order chi connectivity index (χ0) is 11.0. The fourth-order valence-corrected chi connectivity index (χ4v) is 2.34. The lowest BCUT2D eigenvalue weighted by atomic mass is 9.77. The van der Waals surface area contributed by atoms with Gasteiger partial charge in [0.05, 0.1) is 0 Å². The summed E-state index contributed by atoms with van der Waals surface area (Å²) in [4.78, 5) is 0. The first-order valence-electron chi connectivity index (χ1n) is 6.00. The molecule has 2 N–H and O–H groups in total. The molecule has 1 aromatic rings. The van der Waals surface area contributed by atoms with Gasteiger partial charge in [0, 0.05) is 6.04 Å². The predicted octanol–water partition coefficient (Wildman–Crippen LogP) is 2.26. The molecule has 3 nitrogen and oxygen atoms in total. The van der Waals surface area contributed by atoms with E-state index in [2.05, 4.69) is 6.07 Å². The molecule has 1 saturated carbocycles. The third-order valence-corrected chi connectivity index (χ3v) is 3.61. The van der Waals surface area contributed by atoms with Crippen LogP contribution in [0.4, 0.5) is 0 Å². The van der Waals surface area contributed by atoms with Crippen LogP contribution in [0.2, 0.25) is 0 Å². The summed E-state index contributed by atoms with van der Waals surface area (Å²) >= 11 is 0. The van der Waals surface area contributed by atoms with Gasteiger partial charge in [-0.05, 0) is 36.5 Å². The molecule has 0 radical (unpaired) electrons. The molecule has 0 saturated heterocycles. The first-order chi connectivity index (χ1) is 7.84. The quantitative estimate of drug-likeness (QED) is 0.829. The fraction of sp³-hybridized carbons (Fsp3) is 0.538. The van der Waals surface area contributed by atoms with Crippen LogP contribution in [-0.2, 0) is 0 Å². The van der Waals surface area contributed by atoms with Crippen molar-refractivity contribution in [3.63, 3.8) is 0 Å². The van der Waals surface area contributed by atoms with Crippen LogP contribution < -0.4 is 15.2 Å². The van der Waals surface area contributed by atoms with Gasteiger partial charge in [-0.25, -0.2) is 0 Å². The molecular weight excluding hydrogens is 202 g/mol. The molecule has 1 aromatic carbocycles. The summed E-state index contributed by atoms with van der Waals surface area (Å²) in [6.07, 6.45) is 3.84. The van der Waals surface area contributed by atoms with E-state index >= 15 is 0 Å². The Morgan fingerprint density at radius 2 is 1.88 bits per heavy atom. The van der Waals surface area contributed by atoms with Crippen LogP contribution in [0.1, 0.15) is 30.9 Å². The van der Waals surface area contributed by atoms with E-state index in [0.717, 1.165) is 11.5 Å². The van der Waals surface area contributed by atoms with Crippen molar-refractivity contribution in [1.82, 2.24) is 0 Å². The van der Waals surface area contributed by atoms with Gasteiger partial charge in [0.25, 0.3) is 0 Å². The maximum absolute atomic E-state index is 6.24. The van der Waals surface area contributed by atoms with Crippen molar-refractivity contribution < 1.29 is 9.47 Å². The van der Waals surface area contributed by atoms with Gasteiger partial charge >= 0.3 is 0 Å². The Kier molecular flexibility index (Phi) is 2.48. The molecule has 1 aliphatic heterocycles. The predicted molar refractivity (Wildman–Crippen MR) is 61.7 cm³/mol. The lowest BCUT2D eigenvalue weighted by Crippen LogP contribution is -2.27. The number of ether oxygens (including phenoxy) is 2. The average molecular weight is 219 g/mol. The topological polar surface area (TPSA) is 44.5 Å². The van der Waals surface area contributed by atoms with Crippen LogP contribution in [0.3, 0.4) is 0 Å². The third kappa shape index (κ3) is 1.65. The second-order valence-corrected chi connectivity index (χ2v) is 4.62. The first kappa shape index (κ1) is 9.97. The van der Waals surface area contributed by atoms with E-state index in [-0.39, 0.29) is 6.04 Å². The first-order valence-corrected chi connectivity index (χ1v) is 6.00. The minimum Gasteiger partial charge on any atom is -0.486 e. The minimum absolute atomic E-state index is 0.157. The molecule has 1 fully saturated rings. The molecule has 0 aromatic heterocycles. The summed E-state index contributed by atoms with van der Waals surface area (Å²) in [5.74, 6) is 2.34. The zero-order valence-electron chi connectivity index (χ0n) is 9.32. The third-order valence-electron chi connectivity index (χ3n) is 3.61. The highest BCUT2D eigenvalue weighted by Crippen LogP contribution is 2.39. The smallest absolute Gasteiger partial charge is 0.161 e. The molecule has 1 atom stereocenters. The Bertz CT molecular complexity index is 388. The van der Waals surface area contributed by atoms with Crippen molar-refractivity contribution in [2.45, 2.75) is 25.3 Å². The normalized spacial score (nSPS) is 21.3. The number of benzene rings is 1. The molecule has 86 valence electrons. The number of fused-ring (bicyclic) bond motifs is 1. The van der Waals surface area contributed by atoms with Gasteiger partial charge < -0.3 is 15.2 Å². The van der Waals surface area contributed by atoms with Gasteiger partial charge in [0.2, 0.25) is 0 Å². The molecule has 2 aliphatic rings. The van der Waals surface area contributed by atoms with Gasteiger partial charge in [0.1, 0.15) is 13.2 Å². The van der Waals surface area contributed by atoms with E-state index in [1.165, 1.54) is 24.8 Å². The summed E-state index contributed by atoms with van der Waals surface area (Å²) < 4.78 is 11.1. The molecule has 3 rings (SSSR count). The van der Waals surface area contributed by atoms with Gasteiger partial charge in [0.15, 0.2) is 11.5 Å². The highest BCUT2D eigenvalue weighted by atomic mass is 16.6. The van der Waals surface area contributed by atoms with Crippen molar-refractivity contribution in [1.29, 1.82) is 0 Å². The summed E-state index contributed by atoms with van der Waals surface area (Å²) in [5, 5.41) is 0. The maximum Gasteiger partial charge on any atom is 0.161 e. The van der Waals surface area contributed by atoms with Crippen molar-refractivity contribution in [3.05, 3.63) is 23.8 Å². The number of rotatable bonds is 2. The van der Waals surface area contributed by atoms with E-state index in [1.807, 2.05) is 12.1 Å². The Morgan fingerprint density at radius 1 is 1.12 bits per heavy atom.